The molecule has 1 heterocycles. The Bertz CT molecular complexity index is 321. The number of amides is 2. The van der Waals surface area contributed by atoms with Gasteiger partial charge in [0, 0.05) is 39.7 Å². The summed E-state index contributed by atoms with van der Waals surface area (Å²) in [5.41, 5.74) is 0. The number of likely N-dealkylation sites (tertiary alicyclic amines) is 1. The van der Waals surface area contributed by atoms with E-state index in [9.17, 15) is 9.59 Å². The third kappa shape index (κ3) is 5.09. The van der Waals surface area contributed by atoms with Crippen molar-refractivity contribution in [1.29, 1.82) is 0 Å². The summed E-state index contributed by atoms with van der Waals surface area (Å²) in [5, 5.41) is 6.07. The summed E-state index contributed by atoms with van der Waals surface area (Å²) in [4.78, 5) is 25.8. The maximum Gasteiger partial charge on any atom is 0.243 e. The van der Waals surface area contributed by atoms with E-state index < -0.39 is 0 Å². The van der Waals surface area contributed by atoms with Crippen molar-refractivity contribution in [3.8, 4) is 0 Å². The minimum absolute atomic E-state index is 0.0520. The second-order valence-electron chi connectivity index (χ2n) is 5.41. The van der Waals surface area contributed by atoms with Crippen LogP contribution in [-0.2, 0) is 14.3 Å². The molecule has 2 N–H and O–H groups in total. The molecule has 0 aromatic heterocycles. The summed E-state index contributed by atoms with van der Waals surface area (Å²) in [6.07, 6.45) is 1.42. The van der Waals surface area contributed by atoms with Crippen LogP contribution < -0.4 is 10.6 Å². The molecule has 0 aliphatic carbocycles. The highest BCUT2D eigenvalue weighted by molar-refractivity contribution is 5.88. The lowest BCUT2D eigenvalue weighted by Crippen LogP contribution is -2.51. The van der Waals surface area contributed by atoms with Crippen LogP contribution in [-0.4, -0.2) is 62.7 Å². The fraction of sp³-hybridized carbons (Fsp3) is 0.857. The van der Waals surface area contributed by atoms with Gasteiger partial charge < -0.3 is 20.3 Å². The first-order chi connectivity index (χ1) is 9.57. The van der Waals surface area contributed by atoms with Gasteiger partial charge in [-0.2, -0.15) is 0 Å². The van der Waals surface area contributed by atoms with E-state index >= 15 is 0 Å². The molecule has 116 valence electrons. The molecule has 0 bridgehead atoms. The standard InChI is InChI=1S/C14H27N3O3/c1-11(2)13(17-9-4-5-12(17)18)14(19)16-7-6-15-8-10-20-3/h11,13,15H,4-10H2,1-3H3,(H,16,19). The van der Waals surface area contributed by atoms with E-state index in [2.05, 4.69) is 10.6 Å². The van der Waals surface area contributed by atoms with Crippen molar-refractivity contribution in [2.75, 3.05) is 39.9 Å². The molecule has 0 saturated carbocycles. The van der Waals surface area contributed by atoms with Gasteiger partial charge in [0.2, 0.25) is 11.8 Å². The Morgan fingerprint density at radius 1 is 1.35 bits per heavy atom. The molecule has 0 aromatic rings. The number of carbonyl (C=O) groups is 2. The molecule has 1 aliphatic rings. The maximum absolute atomic E-state index is 12.2. The third-order valence-corrected chi connectivity index (χ3v) is 3.43. The van der Waals surface area contributed by atoms with Crippen molar-refractivity contribution in [2.45, 2.75) is 32.7 Å². The Kier molecular flexibility index (Phi) is 7.54. The van der Waals surface area contributed by atoms with Crippen molar-refractivity contribution in [3.05, 3.63) is 0 Å². The molecule has 6 nitrogen and oxygen atoms in total. The first-order valence-electron chi connectivity index (χ1n) is 7.34. The van der Waals surface area contributed by atoms with Crippen molar-refractivity contribution in [2.24, 2.45) is 5.92 Å². The second kappa shape index (κ2) is 8.92. The molecule has 2 amide bonds. The second-order valence-corrected chi connectivity index (χ2v) is 5.41. The van der Waals surface area contributed by atoms with Gasteiger partial charge in [0.25, 0.3) is 0 Å². The van der Waals surface area contributed by atoms with Gasteiger partial charge in [-0.05, 0) is 12.3 Å². The van der Waals surface area contributed by atoms with Crippen LogP contribution in [0.2, 0.25) is 0 Å². The molecule has 1 unspecified atom stereocenters. The lowest BCUT2D eigenvalue weighted by atomic mass is 10.0. The third-order valence-electron chi connectivity index (χ3n) is 3.43. The van der Waals surface area contributed by atoms with Crippen LogP contribution in [0.25, 0.3) is 0 Å². The van der Waals surface area contributed by atoms with Gasteiger partial charge in [0.15, 0.2) is 0 Å². The van der Waals surface area contributed by atoms with E-state index in [0.717, 1.165) is 13.0 Å². The van der Waals surface area contributed by atoms with Crippen LogP contribution in [0, 0.1) is 5.92 Å². The van der Waals surface area contributed by atoms with Crippen LogP contribution in [0.4, 0.5) is 0 Å². The molecule has 1 atom stereocenters. The van der Waals surface area contributed by atoms with E-state index in [4.69, 9.17) is 4.74 Å². The fourth-order valence-corrected chi connectivity index (χ4v) is 2.45. The fourth-order valence-electron chi connectivity index (χ4n) is 2.45. The summed E-state index contributed by atoms with van der Waals surface area (Å²) < 4.78 is 4.92. The average molecular weight is 285 g/mol. The highest BCUT2D eigenvalue weighted by Crippen LogP contribution is 2.19. The van der Waals surface area contributed by atoms with Crippen molar-refractivity contribution in [3.63, 3.8) is 0 Å². The topological polar surface area (TPSA) is 70.7 Å². The number of hydrogen-bond donors (Lipinski definition) is 2. The largest absolute Gasteiger partial charge is 0.383 e. The predicted octanol–water partition coefficient (Wildman–Crippen LogP) is -0.0144. The lowest BCUT2D eigenvalue weighted by molar-refractivity contribution is -0.139. The number of methoxy groups -OCH3 is 1. The minimum Gasteiger partial charge on any atom is -0.383 e. The van der Waals surface area contributed by atoms with Gasteiger partial charge in [-0.25, -0.2) is 0 Å². The van der Waals surface area contributed by atoms with Crippen molar-refractivity contribution in [1.82, 2.24) is 15.5 Å². The number of ether oxygens (including phenoxy) is 1. The van der Waals surface area contributed by atoms with E-state index in [-0.39, 0.29) is 23.8 Å². The van der Waals surface area contributed by atoms with Gasteiger partial charge in [0.05, 0.1) is 6.61 Å². The molecule has 20 heavy (non-hydrogen) atoms. The molecule has 6 heteroatoms. The molecule has 1 saturated heterocycles. The lowest BCUT2D eigenvalue weighted by Gasteiger charge is -2.29. The molecule has 0 aromatic carbocycles. The molecule has 1 rings (SSSR count). The molecule has 1 aliphatic heterocycles. The molecule has 0 radical (unpaired) electrons. The zero-order valence-corrected chi connectivity index (χ0v) is 12.8. The zero-order chi connectivity index (χ0) is 15.0. The smallest absolute Gasteiger partial charge is 0.243 e. The quantitative estimate of drug-likeness (QED) is 0.584. The number of rotatable bonds is 9. The van der Waals surface area contributed by atoms with Gasteiger partial charge in [-0.1, -0.05) is 13.8 Å². The first kappa shape index (κ1) is 16.9. The summed E-state index contributed by atoms with van der Waals surface area (Å²) in [5.74, 6) is 0.166. The van der Waals surface area contributed by atoms with Crippen molar-refractivity contribution < 1.29 is 14.3 Å². The highest BCUT2D eigenvalue weighted by Gasteiger charge is 2.34. The summed E-state index contributed by atoms with van der Waals surface area (Å²) >= 11 is 0. The Morgan fingerprint density at radius 2 is 2.10 bits per heavy atom. The predicted molar refractivity (Wildman–Crippen MR) is 77.3 cm³/mol. The monoisotopic (exact) mass is 285 g/mol. The van der Waals surface area contributed by atoms with Crippen LogP contribution in [0.15, 0.2) is 0 Å². The van der Waals surface area contributed by atoms with E-state index in [0.29, 0.717) is 32.7 Å². The van der Waals surface area contributed by atoms with Gasteiger partial charge in [-0.15, -0.1) is 0 Å². The SMILES string of the molecule is COCCNCCNC(=O)C(C(C)C)N1CCCC1=O. The summed E-state index contributed by atoms with van der Waals surface area (Å²) in [7, 11) is 1.66. The molecular formula is C14H27N3O3. The normalized spacial score (nSPS) is 16.8. The maximum atomic E-state index is 12.2. The minimum atomic E-state index is -0.344. The van der Waals surface area contributed by atoms with E-state index in [1.807, 2.05) is 13.8 Å². The molecule has 0 spiro atoms. The van der Waals surface area contributed by atoms with Gasteiger partial charge in [0.1, 0.15) is 6.04 Å². The summed E-state index contributed by atoms with van der Waals surface area (Å²) in [6.45, 7) is 7.34. The number of carbonyl (C=O) groups excluding carboxylic acids is 2. The Morgan fingerprint density at radius 3 is 2.65 bits per heavy atom. The van der Waals surface area contributed by atoms with E-state index in [1.54, 1.807) is 12.0 Å². The summed E-state index contributed by atoms with van der Waals surface area (Å²) in [6, 6.07) is -0.344. The number of nitrogens with zero attached hydrogens (tertiary/aromatic N) is 1. The van der Waals surface area contributed by atoms with E-state index in [1.165, 1.54) is 0 Å². The van der Waals surface area contributed by atoms with Gasteiger partial charge in [-0.3, -0.25) is 9.59 Å². The van der Waals surface area contributed by atoms with Crippen LogP contribution in [0.1, 0.15) is 26.7 Å². The first-order valence-corrected chi connectivity index (χ1v) is 7.34. The highest BCUT2D eigenvalue weighted by atomic mass is 16.5. The van der Waals surface area contributed by atoms with Gasteiger partial charge >= 0.3 is 0 Å². The number of nitrogens with one attached hydrogen (secondary N) is 2. The zero-order valence-electron chi connectivity index (χ0n) is 12.8. The molecule has 1 fully saturated rings. The van der Waals surface area contributed by atoms with Crippen LogP contribution >= 0.6 is 0 Å². The van der Waals surface area contributed by atoms with Crippen LogP contribution in [0.5, 0.6) is 0 Å². The average Bonchev–Trinajstić information content (AvgIpc) is 2.80. The Labute approximate surface area is 121 Å². The van der Waals surface area contributed by atoms with Crippen LogP contribution in [0.3, 0.4) is 0 Å². The number of hydrogen-bond acceptors (Lipinski definition) is 4. The van der Waals surface area contributed by atoms with Crippen molar-refractivity contribution >= 4 is 11.8 Å². The Balaban J connectivity index is 2.35. The molecular weight excluding hydrogens is 258 g/mol. The Hall–Kier alpha value is -1.14.